The number of hydrogen-bond donors (Lipinski definition) is 0. The molecule has 0 spiro atoms. The molecule has 1 aromatic heterocycles. The Bertz CT molecular complexity index is 579. The van der Waals surface area contributed by atoms with Gasteiger partial charge in [-0.3, -0.25) is 0 Å². The maximum Gasteiger partial charge on any atom is 0.139 e. The van der Waals surface area contributed by atoms with Gasteiger partial charge in [0.2, 0.25) is 0 Å². The zero-order valence-electron chi connectivity index (χ0n) is 11.1. The van der Waals surface area contributed by atoms with Crippen molar-refractivity contribution in [3.05, 3.63) is 84.4 Å². The van der Waals surface area contributed by atoms with Crippen molar-refractivity contribution in [3.63, 3.8) is 0 Å². The summed E-state index contributed by atoms with van der Waals surface area (Å²) >= 11 is 0. The summed E-state index contributed by atoms with van der Waals surface area (Å²) in [6.45, 7) is 1.63. The summed E-state index contributed by atoms with van der Waals surface area (Å²) in [5.41, 5.74) is 2.52. The van der Waals surface area contributed by atoms with Gasteiger partial charge < -0.3 is 5.01 Å². The molecule has 2 aromatic carbocycles. The number of aromatic nitrogens is 3. The molecular formula is C16H16N4. The first-order valence-corrected chi connectivity index (χ1v) is 6.59. The van der Waals surface area contributed by atoms with Crippen molar-refractivity contribution in [1.82, 2.24) is 14.9 Å². The van der Waals surface area contributed by atoms with Gasteiger partial charge in [-0.1, -0.05) is 60.7 Å². The smallest absolute Gasteiger partial charge is 0.139 e. The lowest BCUT2D eigenvalue weighted by Crippen LogP contribution is -2.32. The van der Waals surface area contributed by atoms with Gasteiger partial charge in [-0.15, -0.1) is 10.2 Å². The molecule has 1 heterocycles. The molecular weight excluding hydrogens is 248 g/mol. The van der Waals surface area contributed by atoms with Crippen molar-refractivity contribution in [2.75, 3.05) is 5.01 Å². The topological polar surface area (TPSA) is 34.0 Å². The van der Waals surface area contributed by atoms with Crippen molar-refractivity contribution < 1.29 is 0 Å². The van der Waals surface area contributed by atoms with E-state index < -0.39 is 0 Å². The first kappa shape index (κ1) is 12.4. The third kappa shape index (κ3) is 3.03. The van der Waals surface area contributed by atoms with E-state index in [-0.39, 0.29) is 0 Å². The van der Waals surface area contributed by atoms with E-state index in [2.05, 4.69) is 63.7 Å². The van der Waals surface area contributed by atoms with Gasteiger partial charge in [-0.25, -0.2) is 4.68 Å². The minimum atomic E-state index is 0.813. The molecule has 0 radical (unpaired) electrons. The van der Waals surface area contributed by atoms with Crippen LogP contribution in [0.15, 0.2) is 73.3 Å². The Labute approximate surface area is 118 Å². The SMILES string of the molecule is c1ccc(CN(Cc2ccccc2)n2cnnc2)cc1. The fraction of sp³-hybridized carbons (Fsp3) is 0.125. The molecule has 0 amide bonds. The first-order chi connectivity index (χ1) is 9.92. The van der Waals surface area contributed by atoms with Crippen LogP contribution < -0.4 is 5.01 Å². The minimum absolute atomic E-state index is 0.813. The van der Waals surface area contributed by atoms with E-state index >= 15 is 0 Å². The third-order valence-corrected chi connectivity index (χ3v) is 3.15. The molecule has 100 valence electrons. The summed E-state index contributed by atoms with van der Waals surface area (Å²) in [6, 6.07) is 20.8. The molecule has 0 unspecified atom stereocenters. The van der Waals surface area contributed by atoms with Crippen LogP contribution in [-0.4, -0.2) is 14.9 Å². The fourth-order valence-corrected chi connectivity index (χ4v) is 2.15. The average molecular weight is 264 g/mol. The summed E-state index contributed by atoms with van der Waals surface area (Å²) in [4.78, 5) is 0. The van der Waals surface area contributed by atoms with Crippen molar-refractivity contribution >= 4 is 0 Å². The standard InChI is InChI=1S/C16H16N4/c1-3-7-15(8-4-1)11-19(20-13-17-18-14-20)12-16-9-5-2-6-10-16/h1-10,13-14H,11-12H2. The van der Waals surface area contributed by atoms with Crippen LogP contribution in [0.25, 0.3) is 0 Å². The van der Waals surface area contributed by atoms with Crippen LogP contribution in [0.4, 0.5) is 0 Å². The molecule has 0 bridgehead atoms. The Hall–Kier alpha value is -2.62. The summed E-state index contributed by atoms with van der Waals surface area (Å²) < 4.78 is 1.93. The highest BCUT2D eigenvalue weighted by atomic mass is 15.6. The van der Waals surface area contributed by atoms with E-state index in [1.54, 1.807) is 12.7 Å². The monoisotopic (exact) mass is 264 g/mol. The van der Waals surface area contributed by atoms with Crippen LogP contribution in [-0.2, 0) is 13.1 Å². The maximum atomic E-state index is 3.90. The van der Waals surface area contributed by atoms with Crippen LogP contribution in [0.2, 0.25) is 0 Å². The molecule has 3 rings (SSSR count). The lowest BCUT2D eigenvalue weighted by Gasteiger charge is -2.25. The first-order valence-electron chi connectivity index (χ1n) is 6.59. The van der Waals surface area contributed by atoms with E-state index in [1.165, 1.54) is 11.1 Å². The molecule has 0 aliphatic heterocycles. The molecule has 3 aromatic rings. The number of benzene rings is 2. The zero-order valence-corrected chi connectivity index (χ0v) is 11.1. The van der Waals surface area contributed by atoms with Gasteiger partial charge >= 0.3 is 0 Å². The second-order valence-electron chi connectivity index (χ2n) is 4.64. The molecule has 4 heteroatoms. The Kier molecular flexibility index (Phi) is 3.73. The molecule has 0 fully saturated rings. The quantitative estimate of drug-likeness (QED) is 0.710. The lowest BCUT2D eigenvalue weighted by atomic mass is 10.2. The van der Waals surface area contributed by atoms with Gasteiger partial charge in [0, 0.05) is 0 Å². The van der Waals surface area contributed by atoms with Crippen molar-refractivity contribution in [2.24, 2.45) is 0 Å². The Morgan fingerprint density at radius 2 is 1.15 bits per heavy atom. The number of hydrogen-bond acceptors (Lipinski definition) is 3. The molecule has 0 N–H and O–H groups in total. The third-order valence-electron chi connectivity index (χ3n) is 3.15. The Morgan fingerprint density at radius 1 is 0.700 bits per heavy atom. The van der Waals surface area contributed by atoms with E-state index in [0.29, 0.717) is 0 Å². The highest BCUT2D eigenvalue weighted by Crippen LogP contribution is 2.08. The number of nitrogens with zero attached hydrogens (tertiary/aromatic N) is 4. The largest absolute Gasteiger partial charge is 0.302 e. The van der Waals surface area contributed by atoms with Crippen LogP contribution in [0, 0.1) is 0 Å². The van der Waals surface area contributed by atoms with E-state index in [4.69, 9.17) is 0 Å². The predicted octanol–water partition coefficient (Wildman–Crippen LogP) is 2.62. The van der Waals surface area contributed by atoms with Gasteiger partial charge in [-0.2, -0.15) is 0 Å². The molecule has 0 saturated carbocycles. The molecule has 0 aliphatic carbocycles. The van der Waals surface area contributed by atoms with Crippen molar-refractivity contribution in [1.29, 1.82) is 0 Å². The van der Waals surface area contributed by atoms with Gasteiger partial charge in [0.15, 0.2) is 0 Å². The fourth-order valence-electron chi connectivity index (χ4n) is 2.15. The van der Waals surface area contributed by atoms with Crippen LogP contribution in [0.3, 0.4) is 0 Å². The van der Waals surface area contributed by atoms with Gasteiger partial charge in [0.25, 0.3) is 0 Å². The second kappa shape index (κ2) is 6.02. The Morgan fingerprint density at radius 3 is 1.60 bits per heavy atom. The summed E-state index contributed by atoms with van der Waals surface area (Å²) in [5.74, 6) is 0. The molecule has 0 saturated heterocycles. The minimum Gasteiger partial charge on any atom is -0.302 e. The number of rotatable bonds is 5. The zero-order chi connectivity index (χ0) is 13.6. The normalized spacial score (nSPS) is 10.4. The molecule has 0 aliphatic rings. The predicted molar refractivity (Wildman–Crippen MR) is 78.5 cm³/mol. The van der Waals surface area contributed by atoms with Crippen LogP contribution in [0.5, 0.6) is 0 Å². The van der Waals surface area contributed by atoms with E-state index in [1.807, 2.05) is 16.8 Å². The highest BCUT2D eigenvalue weighted by Gasteiger charge is 2.07. The second-order valence-corrected chi connectivity index (χ2v) is 4.64. The molecule has 20 heavy (non-hydrogen) atoms. The average Bonchev–Trinajstić information content (AvgIpc) is 3.03. The maximum absolute atomic E-state index is 3.90. The van der Waals surface area contributed by atoms with Crippen LogP contribution in [0.1, 0.15) is 11.1 Å². The summed E-state index contributed by atoms with van der Waals surface area (Å²) in [6.07, 6.45) is 3.46. The Balaban J connectivity index is 1.81. The van der Waals surface area contributed by atoms with E-state index in [0.717, 1.165) is 13.1 Å². The van der Waals surface area contributed by atoms with Crippen molar-refractivity contribution in [2.45, 2.75) is 13.1 Å². The van der Waals surface area contributed by atoms with Gasteiger partial charge in [-0.05, 0) is 11.1 Å². The highest BCUT2D eigenvalue weighted by molar-refractivity contribution is 5.20. The van der Waals surface area contributed by atoms with Crippen molar-refractivity contribution in [3.8, 4) is 0 Å². The lowest BCUT2D eigenvalue weighted by molar-refractivity contribution is 0.574. The summed E-state index contributed by atoms with van der Waals surface area (Å²) in [5, 5.41) is 9.99. The summed E-state index contributed by atoms with van der Waals surface area (Å²) in [7, 11) is 0. The van der Waals surface area contributed by atoms with Crippen LogP contribution >= 0.6 is 0 Å². The van der Waals surface area contributed by atoms with Gasteiger partial charge in [0.1, 0.15) is 12.7 Å². The molecule has 0 atom stereocenters. The van der Waals surface area contributed by atoms with Gasteiger partial charge in [0.05, 0.1) is 13.1 Å². The molecule has 4 nitrogen and oxygen atoms in total. The van der Waals surface area contributed by atoms with E-state index in [9.17, 15) is 0 Å².